The average molecular weight is 268 g/mol. The van der Waals surface area contributed by atoms with Crippen LogP contribution in [0.5, 0.6) is 0 Å². The molecule has 1 aliphatic carbocycles. The zero-order valence-electron chi connectivity index (χ0n) is 11.9. The van der Waals surface area contributed by atoms with Gasteiger partial charge in [0, 0.05) is 0 Å². The maximum atomic E-state index is 10.4. The number of allylic oxidation sites excluding steroid dienone is 1. The fourth-order valence-electron chi connectivity index (χ4n) is 3.70. The third-order valence-corrected chi connectivity index (χ3v) is 5.02. The third-order valence-electron chi connectivity index (χ3n) is 5.02. The Labute approximate surface area is 114 Å². The van der Waals surface area contributed by atoms with Crippen LogP contribution in [0.3, 0.4) is 0 Å². The van der Waals surface area contributed by atoms with Crippen LogP contribution in [-0.2, 0) is 9.47 Å². The molecule has 0 aromatic carbocycles. The molecule has 2 saturated heterocycles. The van der Waals surface area contributed by atoms with Crippen molar-refractivity contribution in [3.63, 3.8) is 0 Å². The van der Waals surface area contributed by atoms with Crippen LogP contribution in [-0.4, -0.2) is 46.3 Å². The van der Waals surface area contributed by atoms with Gasteiger partial charge in [0.2, 0.25) is 0 Å². The molecule has 3 aliphatic rings. The molecule has 1 spiro atoms. The van der Waals surface area contributed by atoms with Gasteiger partial charge in [-0.25, -0.2) is 0 Å². The van der Waals surface area contributed by atoms with E-state index in [1.807, 2.05) is 6.92 Å². The summed E-state index contributed by atoms with van der Waals surface area (Å²) in [5, 5.41) is 20.3. The van der Waals surface area contributed by atoms with Crippen LogP contribution in [0.15, 0.2) is 11.6 Å². The van der Waals surface area contributed by atoms with Crippen molar-refractivity contribution in [2.24, 2.45) is 5.92 Å². The molecule has 6 atom stereocenters. The second-order valence-electron chi connectivity index (χ2n) is 6.74. The van der Waals surface area contributed by atoms with E-state index >= 15 is 0 Å². The Morgan fingerprint density at radius 3 is 2.63 bits per heavy atom. The van der Waals surface area contributed by atoms with E-state index in [0.29, 0.717) is 13.0 Å². The van der Waals surface area contributed by atoms with Gasteiger partial charge in [-0.15, -0.1) is 0 Å². The van der Waals surface area contributed by atoms with E-state index in [4.69, 9.17) is 9.47 Å². The molecule has 2 N–H and O–H groups in total. The normalized spacial score (nSPS) is 52.1. The molecule has 0 amide bonds. The zero-order chi connectivity index (χ0) is 13.8. The smallest absolute Gasteiger partial charge is 0.101 e. The van der Waals surface area contributed by atoms with Gasteiger partial charge in [0.25, 0.3) is 0 Å². The lowest BCUT2D eigenvalue weighted by atomic mass is 9.68. The summed E-state index contributed by atoms with van der Waals surface area (Å²) in [4.78, 5) is 0. The first-order chi connectivity index (χ1) is 8.89. The number of ether oxygens (including phenoxy) is 2. The van der Waals surface area contributed by atoms with E-state index < -0.39 is 12.2 Å². The van der Waals surface area contributed by atoms with Gasteiger partial charge >= 0.3 is 0 Å². The van der Waals surface area contributed by atoms with Crippen molar-refractivity contribution in [2.45, 2.75) is 69.5 Å². The first-order valence-electron chi connectivity index (χ1n) is 7.20. The molecule has 2 aliphatic heterocycles. The van der Waals surface area contributed by atoms with E-state index in [1.165, 1.54) is 5.57 Å². The van der Waals surface area contributed by atoms with E-state index in [9.17, 15) is 10.2 Å². The van der Waals surface area contributed by atoms with Gasteiger partial charge in [-0.2, -0.15) is 0 Å². The average Bonchev–Trinajstić information content (AvgIpc) is 3.22. The Kier molecular flexibility index (Phi) is 3.06. The molecule has 3 fully saturated rings. The van der Waals surface area contributed by atoms with Gasteiger partial charge in [-0.1, -0.05) is 11.6 Å². The number of hydrogen-bond donors (Lipinski definition) is 2. The number of aliphatic hydroxyl groups is 2. The Morgan fingerprint density at radius 2 is 2.05 bits per heavy atom. The standard InChI is InChI=1S/C15H24O4/c1-9(2)4-5-11-14(3,19-11)13-12(17)10(16)6-7-15(13)8-18-15/h4,10-13,16-17H,5-8H2,1-3H3/t10-,11+,12+,13+,14-,15-/m0/s1. The van der Waals surface area contributed by atoms with Crippen molar-refractivity contribution in [1.82, 2.24) is 0 Å². The summed E-state index contributed by atoms with van der Waals surface area (Å²) in [5.41, 5.74) is 0.676. The molecule has 1 saturated carbocycles. The molecule has 4 heteroatoms. The van der Waals surface area contributed by atoms with Gasteiger partial charge in [0.15, 0.2) is 0 Å². The fraction of sp³-hybridized carbons (Fsp3) is 0.867. The molecule has 2 heterocycles. The summed E-state index contributed by atoms with van der Waals surface area (Å²) in [6.07, 6.45) is 3.23. The summed E-state index contributed by atoms with van der Waals surface area (Å²) in [6.45, 7) is 6.89. The van der Waals surface area contributed by atoms with E-state index in [1.54, 1.807) is 0 Å². The van der Waals surface area contributed by atoms with Crippen LogP contribution in [0, 0.1) is 5.92 Å². The van der Waals surface area contributed by atoms with Crippen molar-refractivity contribution in [1.29, 1.82) is 0 Å². The molecule has 0 bridgehead atoms. The second kappa shape index (κ2) is 4.29. The van der Waals surface area contributed by atoms with Crippen LogP contribution < -0.4 is 0 Å². The molecular formula is C15H24O4. The maximum absolute atomic E-state index is 10.4. The molecule has 3 rings (SSSR count). The van der Waals surface area contributed by atoms with Crippen molar-refractivity contribution in [2.75, 3.05) is 6.61 Å². The second-order valence-corrected chi connectivity index (χ2v) is 6.74. The van der Waals surface area contributed by atoms with Crippen molar-refractivity contribution >= 4 is 0 Å². The molecule has 0 aromatic heterocycles. The predicted octanol–water partition coefficient (Wildman–Crippen LogP) is 1.40. The Balaban J connectivity index is 1.75. The number of hydrogen-bond acceptors (Lipinski definition) is 4. The van der Waals surface area contributed by atoms with Gasteiger partial charge in [-0.05, 0) is 40.0 Å². The quantitative estimate of drug-likeness (QED) is 0.600. The lowest BCUT2D eigenvalue weighted by Gasteiger charge is -2.39. The largest absolute Gasteiger partial charge is 0.390 e. The highest BCUT2D eigenvalue weighted by molar-refractivity contribution is 5.20. The predicted molar refractivity (Wildman–Crippen MR) is 70.7 cm³/mol. The molecule has 4 nitrogen and oxygen atoms in total. The highest BCUT2D eigenvalue weighted by Crippen LogP contribution is 2.58. The summed E-state index contributed by atoms with van der Waals surface area (Å²) in [5.74, 6) is -0.112. The zero-order valence-corrected chi connectivity index (χ0v) is 11.9. The van der Waals surface area contributed by atoms with Crippen LogP contribution >= 0.6 is 0 Å². The molecule has 0 aromatic rings. The van der Waals surface area contributed by atoms with Gasteiger partial charge < -0.3 is 19.7 Å². The van der Waals surface area contributed by atoms with Crippen molar-refractivity contribution in [3.05, 3.63) is 11.6 Å². The highest BCUT2D eigenvalue weighted by Gasteiger charge is 2.71. The Bertz CT molecular complexity index is 397. The lowest BCUT2D eigenvalue weighted by molar-refractivity contribution is -0.0976. The minimum Gasteiger partial charge on any atom is -0.390 e. The Morgan fingerprint density at radius 1 is 1.37 bits per heavy atom. The summed E-state index contributed by atoms with van der Waals surface area (Å²) in [6, 6.07) is 0. The topological polar surface area (TPSA) is 65.5 Å². The van der Waals surface area contributed by atoms with Gasteiger partial charge in [-0.3, -0.25) is 0 Å². The van der Waals surface area contributed by atoms with Gasteiger partial charge in [0.05, 0.1) is 36.4 Å². The SMILES string of the molecule is CC(C)=CC[C@H]1O[C@]1(C)[C@H]1[C@H](O)[C@@H](O)CC[C@]12CO2. The molecule has 0 radical (unpaired) electrons. The molecule has 19 heavy (non-hydrogen) atoms. The summed E-state index contributed by atoms with van der Waals surface area (Å²) < 4.78 is 11.5. The third kappa shape index (κ3) is 2.15. The van der Waals surface area contributed by atoms with E-state index in [0.717, 1.165) is 12.8 Å². The molecular weight excluding hydrogens is 244 g/mol. The van der Waals surface area contributed by atoms with Crippen molar-refractivity contribution in [3.8, 4) is 0 Å². The first-order valence-corrected chi connectivity index (χ1v) is 7.20. The number of rotatable bonds is 3. The van der Waals surface area contributed by atoms with Gasteiger partial charge in [0.1, 0.15) is 5.60 Å². The summed E-state index contributed by atoms with van der Waals surface area (Å²) >= 11 is 0. The monoisotopic (exact) mass is 268 g/mol. The lowest BCUT2D eigenvalue weighted by Crippen LogP contribution is -2.53. The molecule has 108 valence electrons. The van der Waals surface area contributed by atoms with Crippen LogP contribution in [0.4, 0.5) is 0 Å². The van der Waals surface area contributed by atoms with Crippen molar-refractivity contribution < 1.29 is 19.7 Å². The van der Waals surface area contributed by atoms with E-state index in [2.05, 4.69) is 19.9 Å². The van der Waals surface area contributed by atoms with Crippen LogP contribution in [0.2, 0.25) is 0 Å². The minimum absolute atomic E-state index is 0.112. The fourth-order valence-corrected chi connectivity index (χ4v) is 3.70. The van der Waals surface area contributed by atoms with Crippen LogP contribution in [0.25, 0.3) is 0 Å². The van der Waals surface area contributed by atoms with Crippen LogP contribution in [0.1, 0.15) is 40.0 Å². The Hall–Kier alpha value is -0.420. The highest BCUT2D eigenvalue weighted by atomic mass is 16.6. The molecule has 0 unspecified atom stereocenters. The summed E-state index contributed by atoms with van der Waals surface area (Å²) in [7, 11) is 0. The number of epoxide rings is 2. The van der Waals surface area contributed by atoms with E-state index in [-0.39, 0.29) is 23.2 Å². The maximum Gasteiger partial charge on any atom is 0.101 e. The first kappa shape index (κ1) is 13.6. The number of aliphatic hydroxyl groups excluding tert-OH is 2. The minimum atomic E-state index is -0.738.